The molecule has 1 atom stereocenters. The maximum Gasteiger partial charge on any atom is 0.416 e. The number of aryl methyl sites for hydroxylation is 2. The van der Waals surface area contributed by atoms with Gasteiger partial charge in [0.05, 0.1) is 49.3 Å². The van der Waals surface area contributed by atoms with Gasteiger partial charge in [-0.05, 0) is 120 Å². The van der Waals surface area contributed by atoms with E-state index < -0.39 is 214 Å². The van der Waals surface area contributed by atoms with Gasteiger partial charge in [-0.2, -0.15) is 132 Å². The van der Waals surface area contributed by atoms with Gasteiger partial charge >= 0.3 is 49.4 Å². The Labute approximate surface area is 546 Å². The normalized spacial score (nSPS) is 15.0. The van der Waals surface area contributed by atoms with E-state index in [1.54, 1.807) is 6.21 Å². The van der Waals surface area contributed by atoms with Crippen molar-refractivity contribution in [2.75, 3.05) is 0 Å². The van der Waals surface area contributed by atoms with Crippen LogP contribution < -0.4 is 37.8 Å². The molecule has 0 fully saturated rings. The average Bonchev–Trinajstić information content (AvgIpc) is 0.709. The molecule has 1 aliphatic rings. The number of hydrogen-bond donors (Lipinski definition) is 0. The number of allylic oxidation sites excluding steroid dienone is 4. The van der Waals surface area contributed by atoms with Gasteiger partial charge in [0.25, 0.3) is 0 Å². The van der Waals surface area contributed by atoms with Crippen molar-refractivity contribution in [3.63, 3.8) is 0 Å². The Morgan fingerprint density at radius 2 is 0.579 bits per heavy atom. The van der Waals surface area contributed by atoms with Crippen LogP contribution in [0.5, 0.6) is 0 Å². The second-order valence-electron chi connectivity index (χ2n) is 22.4. The first-order chi connectivity index (χ1) is 43.0. The molecule has 2 nitrogen and oxygen atoms in total. The molecule has 0 heterocycles. The number of nitrogens with zero attached hydrogens (tertiary/aromatic N) is 1. The van der Waals surface area contributed by atoms with Gasteiger partial charge in [0.1, 0.15) is 17.1 Å². The summed E-state index contributed by atoms with van der Waals surface area (Å²) in [4.78, 5) is 0. The van der Waals surface area contributed by atoms with E-state index in [2.05, 4.69) is 109 Å². The Hall–Kier alpha value is -6.70. The number of halogens is 24. The predicted molar refractivity (Wildman–Crippen MR) is 317 cm³/mol. The minimum atomic E-state index is -6.13. The zero-order chi connectivity index (χ0) is 70.6. The second kappa shape index (κ2) is 30.0. The van der Waals surface area contributed by atoms with E-state index in [4.69, 9.17) is 0 Å². The SMILES string of the molecule is C1=C\CC/C=C\CC/1.Cc1ccccc1P(c1ccccc1C)c1ccccc1/C=N/[S@](=O)C(C)(C)C.FC(F)(F)c1cc([B-](c2cc(C(F)(F)F)cc(C(F)(F)F)c2)(c2cc(C(F)(F)F)cc(C(F)(F)F)c2)c2cc(C(F)(F)F)cc(C(F)(F)F)c2)cc(C(F)(F)F)c1.[Ir]. The Kier molecular flexibility index (Phi) is 24.9. The van der Waals surface area contributed by atoms with Crippen LogP contribution in [0.2, 0.25) is 0 Å². The van der Waals surface area contributed by atoms with Crippen LogP contribution in [0.15, 0.2) is 174 Å². The molecule has 7 aromatic carbocycles. The first kappa shape index (κ1) is 79.0. The fraction of sp³-hybridized carbons (Fsp3) is 0.277. The fourth-order valence-corrected chi connectivity index (χ4v) is 13.3. The molecule has 1 radical (unpaired) electrons. The van der Waals surface area contributed by atoms with Crippen molar-refractivity contribution in [1.82, 2.24) is 0 Å². The predicted octanol–water partition coefficient (Wildman–Crippen LogP) is 18.8. The quantitative estimate of drug-likeness (QED) is 0.0466. The molecule has 8 rings (SSSR count). The zero-order valence-corrected chi connectivity index (χ0v) is 53.9. The van der Waals surface area contributed by atoms with Crippen molar-refractivity contribution in [3.8, 4) is 0 Å². The summed E-state index contributed by atoms with van der Waals surface area (Å²) >= 11 is 0. The van der Waals surface area contributed by atoms with Gasteiger partial charge in [-0.3, -0.25) is 0 Å². The number of benzene rings is 7. The molecular weight excluding hydrogens is 1530 g/mol. The summed E-state index contributed by atoms with van der Waals surface area (Å²) in [6.07, 6.45) is -39.0. The summed E-state index contributed by atoms with van der Waals surface area (Å²) in [6, 6.07) is 16.8. The molecule has 0 saturated carbocycles. The van der Waals surface area contributed by atoms with Crippen molar-refractivity contribution >= 4 is 69.0 Å². The van der Waals surface area contributed by atoms with Crippen LogP contribution in [0.1, 0.15) is 108 Å². The molecule has 7 aromatic rings. The first-order valence-corrected chi connectivity index (χ1v) is 30.1. The van der Waals surface area contributed by atoms with Gasteiger partial charge in [0.2, 0.25) is 0 Å². The molecule has 515 valence electrons. The number of alkyl halides is 24. The molecule has 0 unspecified atom stereocenters. The van der Waals surface area contributed by atoms with E-state index in [9.17, 15) is 110 Å². The van der Waals surface area contributed by atoms with Crippen LogP contribution in [0, 0.1) is 13.8 Å². The minimum absolute atomic E-state index is 0. The molecule has 0 aromatic heterocycles. The smallest absolute Gasteiger partial charge is 0.234 e. The zero-order valence-electron chi connectivity index (χ0n) is 49.8. The van der Waals surface area contributed by atoms with Crippen molar-refractivity contribution < 1.29 is 130 Å². The largest absolute Gasteiger partial charge is 0.416 e. The van der Waals surface area contributed by atoms with Crippen LogP contribution in [-0.2, 0) is 80.5 Å². The molecular formula is C65H52BF24IrNOPS-. The molecule has 0 spiro atoms. The van der Waals surface area contributed by atoms with Crippen LogP contribution >= 0.6 is 7.92 Å². The monoisotopic (exact) mass is 1590 g/mol. The van der Waals surface area contributed by atoms with Crippen LogP contribution in [0.3, 0.4) is 0 Å². The summed E-state index contributed by atoms with van der Waals surface area (Å²) in [5.41, 5.74) is -26.6. The van der Waals surface area contributed by atoms with Gasteiger partial charge in [-0.25, -0.2) is 4.21 Å². The summed E-state index contributed by atoms with van der Waals surface area (Å²) in [6.45, 7) is 10.2. The molecule has 95 heavy (non-hydrogen) atoms. The van der Waals surface area contributed by atoms with E-state index in [0.29, 0.717) is 0 Å². The van der Waals surface area contributed by atoms with E-state index in [0.717, 1.165) is 5.56 Å². The number of hydrogen-bond acceptors (Lipinski definition) is 1. The van der Waals surface area contributed by atoms with Crippen molar-refractivity contribution in [3.05, 3.63) is 231 Å². The van der Waals surface area contributed by atoms with Gasteiger partial charge in [0.15, 0.2) is 0 Å². The summed E-state index contributed by atoms with van der Waals surface area (Å²) < 4.78 is 357. The third kappa shape index (κ3) is 20.2. The van der Waals surface area contributed by atoms with Gasteiger partial charge < -0.3 is 0 Å². The van der Waals surface area contributed by atoms with Gasteiger partial charge in [-0.15, -0.1) is 0 Å². The van der Waals surface area contributed by atoms with Crippen molar-refractivity contribution in [1.29, 1.82) is 0 Å². The fourth-order valence-electron chi connectivity index (χ4n) is 10.0. The summed E-state index contributed by atoms with van der Waals surface area (Å²) in [7, 11) is -2.04. The van der Waals surface area contributed by atoms with Crippen LogP contribution in [0.25, 0.3) is 0 Å². The molecule has 1 aliphatic carbocycles. The third-order valence-electron chi connectivity index (χ3n) is 14.5. The Morgan fingerprint density at radius 1 is 0.358 bits per heavy atom. The molecule has 0 aliphatic heterocycles. The topological polar surface area (TPSA) is 29.4 Å². The average molecular weight is 1590 g/mol. The van der Waals surface area contributed by atoms with Crippen molar-refractivity contribution in [2.45, 2.75) is 114 Å². The second-order valence-corrected chi connectivity index (χ2v) is 26.4. The number of rotatable bonds is 9. The molecule has 0 saturated heterocycles. The van der Waals surface area contributed by atoms with E-state index in [-0.39, 0.29) is 24.9 Å². The Balaban J connectivity index is 0.000000353. The van der Waals surface area contributed by atoms with Crippen LogP contribution in [0.4, 0.5) is 105 Å². The van der Waals surface area contributed by atoms with Crippen LogP contribution in [-0.4, -0.2) is 21.3 Å². The summed E-state index contributed by atoms with van der Waals surface area (Å²) in [5.74, 6) is 0. The van der Waals surface area contributed by atoms with E-state index in [1.807, 2.05) is 26.8 Å². The van der Waals surface area contributed by atoms with Gasteiger partial charge in [-0.1, -0.05) is 146 Å². The van der Waals surface area contributed by atoms with E-state index in [1.165, 1.54) is 52.7 Å². The molecule has 0 bridgehead atoms. The first-order valence-electron chi connectivity index (χ1n) is 27.7. The van der Waals surface area contributed by atoms with E-state index >= 15 is 0 Å². The van der Waals surface area contributed by atoms with Gasteiger partial charge in [0, 0.05) is 31.9 Å². The molecule has 30 heteroatoms. The van der Waals surface area contributed by atoms with Crippen molar-refractivity contribution in [2.24, 2.45) is 4.40 Å². The maximum absolute atomic E-state index is 14.2. The molecule has 0 N–H and O–H groups in total. The minimum Gasteiger partial charge on any atom is -0.234 e. The Bertz CT molecular complexity index is 3420. The standard InChI is InChI=1S/C32H12BF24.C25H28NOPS.C8H12.Ir/c34-25(35,36)13-1-14(26(37,38)39)6-21(5-13)33(22-7-15(27(40,41)42)2-16(8-22)28(43,44)45,23-9-17(29(46,47)48)3-18(10-23)30(49,50)51)24-11-19(31(52,53)54)4-20(12-24)32(55,56)57;1-19-12-6-9-15-22(19)28(23-16-10-7-13-20(23)2)24-17-11-8-14-21(24)18-26-29(27)25(3,4)5;1-2-4-6-8-7-5-3-1;/h1-12H;6-18H,1-5H3;1-2,7-8H,3-6H2;/q-1;;;/b;26-18+;2-1-,8-7-;/t;29-;;/m.1../s1. The molecule has 0 amide bonds. The maximum atomic E-state index is 14.2. The summed E-state index contributed by atoms with van der Waals surface area (Å²) in [5, 5.41) is 3.92. The third-order valence-corrected chi connectivity index (χ3v) is 18.7. The Morgan fingerprint density at radius 3 is 0.800 bits per heavy atom.